The molecule has 0 atom stereocenters. The van der Waals surface area contributed by atoms with Crippen LogP contribution < -0.4 is 4.74 Å². The van der Waals surface area contributed by atoms with Crippen molar-refractivity contribution in [1.29, 1.82) is 0 Å². The van der Waals surface area contributed by atoms with E-state index >= 15 is 0 Å². The van der Waals surface area contributed by atoms with Gasteiger partial charge in [0.1, 0.15) is 23.6 Å². The zero-order chi connectivity index (χ0) is 23.1. The van der Waals surface area contributed by atoms with E-state index in [2.05, 4.69) is 19.9 Å². The molecule has 33 heavy (non-hydrogen) atoms. The molecule has 0 bridgehead atoms. The van der Waals surface area contributed by atoms with E-state index in [1.54, 1.807) is 37.5 Å². The minimum Gasteiger partial charge on any atom is -0.481 e. The fraction of sp³-hybridized carbons (Fsp3) is 0.250. The number of aromatic amines is 1. The molecule has 2 N–H and O–H groups in total. The third-order valence-electron chi connectivity index (χ3n) is 5.88. The van der Waals surface area contributed by atoms with Crippen LogP contribution in [0.4, 0.5) is 8.78 Å². The minimum absolute atomic E-state index is 0.0852. The minimum atomic E-state index is -0.804. The van der Waals surface area contributed by atoms with Crippen LogP contribution in [-0.4, -0.2) is 37.1 Å². The Labute approximate surface area is 187 Å². The molecule has 5 rings (SSSR count). The number of H-pyrrole nitrogens is 1. The largest absolute Gasteiger partial charge is 0.481 e. The highest BCUT2D eigenvalue weighted by atomic mass is 19.1. The number of hydrogen-bond acceptors (Lipinski definition) is 5. The number of aliphatic carboxylic acids is 1. The number of ether oxygens (including phenoxy) is 1. The Bertz CT molecular complexity index is 1310. The number of imidazole rings is 1. The molecule has 2 aromatic heterocycles. The van der Waals surface area contributed by atoms with E-state index in [0.29, 0.717) is 46.4 Å². The number of hydrogen-bond donors (Lipinski definition) is 2. The van der Waals surface area contributed by atoms with Crippen LogP contribution in [-0.2, 0) is 4.79 Å². The van der Waals surface area contributed by atoms with Crippen molar-refractivity contribution in [3.63, 3.8) is 0 Å². The lowest BCUT2D eigenvalue weighted by molar-refractivity contribution is -0.139. The first-order chi connectivity index (χ1) is 15.9. The molecule has 0 unspecified atom stereocenters. The van der Waals surface area contributed by atoms with Crippen molar-refractivity contribution in [1.82, 2.24) is 19.9 Å². The number of benzene rings is 2. The van der Waals surface area contributed by atoms with Gasteiger partial charge in [-0.25, -0.2) is 23.7 Å². The molecule has 2 heterocycles. The van der Waals surface area contributed by atoms with Crippen molar-refractivity contribution in [2.75, 3.05) is 0 Å². The smallest absolute Gasteiger partial charge is 0.316 e. The Kier molecular flexibility index (Phi) is 5.24. The summed E-state index contributed by atoms with van der Waals surface area (Å²) >= 11 is 0. The van der Waals surface area contributed by atoms with Gasteiger partial charge in [0.25, 0.3) is 0 Å². The van der Waals surface area contributed by atoms with Gasteiger partial charge in [0.2, 0.25) is 0 Å². The van der Waals surface area contributed by atoms with Gasteiger partial charge in [-0.05, 0) is 55.0 Å². The third kappa shape index (κ3) is 4.26. The molecule has 2 aromatic carbocycles. The Morgan fingerprint density at radius 3 is 2.58 bits per heavy atom. The van der Waals surface area contributed by atoms with Crippen LogP contribution in [0.15, 0.2) is 42.7 Å². The zero-order valence-electron chi connectivity index (χ0n) is 17.7. The second-order valence-corrected chi connectivity index (χ2v) is 8.33. The van der Waals surface area contributed by atoms with Gasteiger partial charge in [0, 0.05) is 30.4 Å². The van der Waals surface area contributed by atoms with Gasteiger partial charge in [0.15, 0.2) is 0 Å². The van der Waals surface area contributed by atoms with Gasteiger partial charge in [-0.2, -0.15) is 0 Å². The van der Waals surface area contributed by atoms with E-state index in [1.165, 1.54) is 12.1 Å². The SMILES string of the molecule is Cc1cc2[nH]c(-c3ccc(-c4cnc(OC5CC(CC(=O)O)C5)nc4)cc3F)nc2cc1F. The second-order valence-electron chi connectivity index (χ2n) is 8.33. The number of carboxylic acid groups (broad SMARTS) is 1. The van der Waals surface area contributed by atoms with Gasteiger partial charge in [-0.3, -0.25) is 4.79 Å². The van der Waals surface area contributed by atoms with Gasteiger partial charge in [0.05, 0.1) is 16.6 Å². The summed E-state index contributed by atoms with van der Waals surface area (Å²) in [7, 11) is 0. The average molecular weight is 450 g/mol. The molecule has 0 radical (unpaired) electrons. The lowest BCUT2D eigenvalue weighted by Gasteiger charge is -2.33. The van der Waals surface area contributed by atoms with Crippen molar-refractivity contribution in [2.24, 2.45) is 5.92 Å². The molecule has 4 aromatic rings. The summed E-state index contributed by atoms with van der Waals surface area (Å²) in [6, 6.07) is 7.89. The monoisotopic (exact) mass is 450 g/mol. The van der Waals surface area contributed by atoms with E-state index in [0.717, 1.165) is 0 Å². The van der Waals surface area contributed by atoms with Crippen LogP contribution in [0.3, 0.4) is 0 Å². The summed E-state index contributed by atoms with van der Waals surface area (Å²) in [5.41, 5.74) is 3.03. The number of nitrogens with one attached hydrogen (secondary N) is 1. The summed E-state index contributed by atoms with van der Waals surface area (Å²) in [5.74, 6) is -1.20. The molecular formula is C24H20F2N4O3. The maximum absolute atomic E-state index is 14.9. The Hall–Kier alpha value is -3.88. The number of rotatable bonds is 6. The third-order valence-corrected chi connectivity index (χ3v) is 5.88. The van der Waals surface area contributed by atoms with Crippen LogP contribution in [0.5, 0.6) is 6.01 Å². The molecule has 0 aliphatic heterocycles. The van der Waals surface area contributed by atoms with Gasteiger partial charge < -0.3 is 14.8 Å². The summed E-state index contributed by atoms with van der Waals surface area (Å²) in [4.78, 5) is 26.5. The molecule has 1 fully saturated rings. The van der Waals surface area contributed by atoms with Crippen LogP contribution >= 0.6 is 0 Å². The standard InChI is InChI=1S/C24H20F2N4O3/c1-12-4-20-21(9-18(12)25)30-23(29-20)17-3-2-14(8-19(17)26)15-10-27-24(28-11-15)33-16-5-13(6-16)7-22(31)32/h2-4,8-11,13,16H,5-7H2,1H3,(H,29,30)(H,31,32). The van der Waals surface area contributed by atoms with Crippen LogP contribution in [0.1, 0.15) is 24.8 Å². The number of carboxylic acids is 1. The molecule has 9 heteroatoms. The lowest BCUT2D eigenvalue weighted by atomic mass is 9.80. The molecular weight excluding hydrogens is 430 g/mol. The maximum atomic E-state index is 14.9. The first-order valence-electron chi connectivity index (χ1n) is 10.5. The molecule has 168 valence electrons. The fourth-order valence-electron chi connectivity index (χ4n) is 4.01. The topological polar surface area (TPSA) is 101 Å². The molecule has 1 saturated carbocycles. The van der Waals surface area contributed by atoms with E-state index in [4.69, 9.17) is 9.84 Å². The first-order valence-corrected chi connectivity index (χ1v) is 10.5. The summed E-state index contributed by atoms with van der Waals surface area (Å²) in [6.07, 6.45) is 4.49. The van der Waals surface area contributed by atoms with E-state index in [1.807, 2.05) is 0 Å². The molecule has 1 aliphatic rings. The Morgan fingerprint density at radius 2 is 1.88 bits per heavy atom. The summed E-state index contributed by atoms with van der Waals surface area (Å²) in [5, 5.41) is 8.81. The average Bonchev–Trinajstić information content (AvgIpc) is 3.15. The predicted molar refractivity (Wildman–Crippen MR) is 117 cm³/mol. The predicted octanol–water partition coefficient (Wildman–Crippen LogP) is 4.91. The van der Waals surface area contributed by atoms with E-state index < -0.39 is 11.8 Å². The summed E-state index contributed by atoms with van der Waals surface area (Å²) < 4.78 is 34.4. The zero-order valence-corrected chi connectivity index (χ0v) is 17.7. The molecule has 7 nitrogen and oxygen atoms in total. The van der Waals surface area contributed by atoms with Gasteiger partial charge in [-0.15, -0.1) is 0 Å². The first kappa shape index (κ1) is 21.0. The van der Waals surface area contributed by atoms with Gasteiger partial charge in [-0.1, -0.05) is 6.07 Å². The highest BCUT2D eigenvalue weighted by Crippen LogP contribution is 2.33. The Balaban J connectivity index is 1.30. The molecule has 0 amide bonds. The van der Waals surface area contributed by atoms with Crippen LogP contribution in [0, 0.1) is 24.5 Å². The highest BCUT2D eigenvalue weighted by molar-refractivity contribution is 5.80. The number of fused-ring (bicyclic) bond motifs is 1. The molecule has 1 aliphatic carbocycles. The van der Waals surface area contributed by atoms with Crippen LogP contribution in [0.25, 0.3) is 33.5 Å². The van der Waals surface area contributed by atoms with Crippen molar-refractivity contribution in [3.05, 3.63) is 59.9 Å². The number of nitrogens with zero attached hydrogens (tertiary/aromatic N) is 3. The summed E-state index contributed by atoms with van der Waals surface area (Å²) in [6.45, 7) is 1.66. The van der Waals surface area contributed by atoms with E-state index in [-0.39, 0.29) is 35.8 Å². The molecule has 0 saturated heterocycles. The van der Waals surface area contributed by atoms with Crippen LogP contribution in [0.2, 0.25) is 0 Å². The van der Waals surface area contributed by atoms with Crippen molar-refractivity contribution < 1.29 is 23.4 Å². The maximum Gasteiger partial charge on any atom is 0.316 e. The normalized spacial score (nSPS) is 17.7. The number of aryl methyl sites for hydroxylation is 1. The quantitative estimate of drug-likeness (QED) is 0.433. The van der Waals surface area contributed by atoms with Crippen molar-refractivity contribution >= 4 is 17.0 Å². The number of aromatic nitrogens is 4. The molecule has 0 spiro atoms. The van der Waals surface area contributed by atoms with Crippen molar-refractivity contribution in [2.45, 2.75) is 32.3 Å². The number of halogens is 2. The fourth-order valence-corrected chi connectivity index (χ4v) is 4.01. The van der Waals surface area contributed by atoms with Crippen molar-refractivity contribution in [3.8, 4) is 28.5 Å². The number of carbonyl (C=O) groups is 1. The van der Waals surface area contributed by atoms with Gasteiger partial charge >= 0.3 is 12.0 Å². The van der Waals surface area contributed by atoms with E-state index in [9.17, 15) is 13.6 Å². The Morgan fingerprint density at radius 1 is 1.12 bits per heavy atom. The second kappa shape index (κ2) is 8.23. The lowest BCUT2D eigenvalue weighted by Crippen LogP contribution is -2.35. The highest BCUT2D eigenvalue weighted by Gasteiger charge is 2.32.